The number of hydrogen-bond donors (Lipinski definition) is 0. The van der Waals surface area contributed by atoms with E-state index in [1.165, 1.54) is 18.2 Å². The summed E-state index contributed by atoms with van der Waals surface area (Å²) in [6.07, 6.45) is 0. The minimum absolute atomic E-state index is 0.236. The van der Waals surface area contributed by atoms with Gasteiger partial charge in [0.25, 0.3) is 0 Å². The van der Waals surface area contributed by atoms with Crippen LogP contribution in [0.25, 0.3) is 0 Å². The van der Waals surface area contributed by atoms with Gasteiger partial charge in [-0.15, -0.1) is 0 Å². The number of nitro groups is 1. The number of benzene rings is 3. The molecule has 0 aliphatic heterocycles. The lowest BCUT2D eigenvalue weighted by Gasteiger charge is -2.23. The second-order valence-corrected chi connectivity index (χ2v) is 6.62. The fraction of sp³-hybridized carbons (Fsp3) is 0.130. The smallest absolute Gasteiger partial charge is 0.211 e. The SMILES string of the molecule is O=C(c1ccccc1)C(C(=O)c1ccccc1)C(C[N+](=O)[O-])c1cccc(F)c1. The zero-order valence-electron chi connectivity index (χ0n) is 15.4. The number of rotatable bonds is 8. The van der Waals surface area contributed by atoms with Gasteiger partial charge in [-0.25, -0.2) is 4.39 Å². The number of ketones is 2. The lowest BCUT2D eigenvalue weighted by Crippen LogP contribution is -2.34. The quantitative estimate of drug-likeness (QED) is 0.244. The lowest BCUT2D eigenvalue weighted by molar-refractivity contribution is -0.484. The molecule has 0 aliphatic carbocycles. The van der Waals surface area contributed by atoms with Crippen LogP contribution < -0.4 is 0 Å². The number of halogens is 1. The first-order chi connectivity index (χ1) is 14.0. The first kappa shape index (κ1) is 20.1. The number of hydrogen-bond acceptors (Lipinski definition) is 4. The van der Waals surface area contributed by atoms with Gasteiger partial charge in [-0.2, -0.15) is 0 Å². The van der Waals surface area contributed by atoms with E-state index in [0.29, 0.717) is 0 Å². The second-order valence-electron chi connectivity index (χ2n) is 6.62. The van der Waals surface area contributed by atoms with Gasteiger partial charge in [-0.1, -0.05) is 72.8 Å². The molecule has 0 heterocycles. The summed E-state index contributed by atoms with van der Waals surface area (Å²) in [5.41, 5.74) is 0.776. The van der Waals surface area contributed by atoms with Gasteiger partial charge in [0.15, 0.2) is 11.6 Å². The van der Waals surface area contributed by atoms with E-state index in [1.807, 2.05) is 0 Å². The predicted octanol–water partition coefficient (Wildman–Crippen LogP) is 4.57. The number of carbonyl (C=O) groups excluding carboxylic acids is 2. The Kier molecular flexibility index (Phi) is 6.24. The second kappa shape index (κ2) is 9.01. The normalized spacial score (nSPS) is 11.8. The average Bonchev–Trinajstić information content (AvgIpc) is 2.74. The molecular weight excluding hydrogens is 373 g/mol. The Morgan fingerprint density at radius 2 is 1.34 bits per heavy atom. The molecule has 3 rings (SSSR count). The zero-order valence-corrected chi connectivity index (χ0v) is 15.4. The first-order valence-electron chi connectivity index (χ1n) is 9.03. The van der Waals surface area contributed by atoms with Crippen molar-refractivity contribution >= 4 is 11.6 Å². The van der Waals surface area contributed by atoms with Gasteiger partial charge in [0, 0.05) is 16.1 Å². The van der Waals surface area contributed by atoms with Crippen LogP contribution in [0.1, 0.15) is 32.2 Å². The molecule has 0 aromatic heterocycles. The summed E-state index contributed by atoms with van der Waals surface area (Å²) in [7, 11) is 0. The van der Waals surface area contributed by atoms with Crippen molar-refractivity contribution in [3.63, 3.8) is 0 Å². The van der Waals surface area contributed by atoms with Crippen LogP contribution in [-0.4, -0.2) is 23.0 Å². The van der Waals surface area contributed by atoms with Gasteiger partial charge < -0.3 is 0 Å². The number of carbonyl (C=O) groups is 2. The average molecular weight is 391 g/mol. The molecule has 0 N–H and O–H groups in total. The molecule has 0 aliphatic rings. The molecule has 29 heavy (non-hydrogen) atoms. The first-order valence-corrected chi connectivity index (χ1v) is 9.03. The van der Waals surface area contributed by atoms with Crippen molar-refractivity contribution in [3.8, 4) is 0 Å². The van der Waals surface area contributed by atoms with Crippen LogP contribution in [0, 0.1) is 21.8 Å². The van der Waals surface area contributed by atoms with Crippen LogP contribution in [0.2, 0.25) is 0 Å². The van der Waals surface area contributed by atoms with E-state index in [1.54, 1.807) is 60.7 Å². The van der Waals surface area contributed by atoms with E-state index in [4.69, 9.17) is 0 Å². The highest BCUT2D eigenvalue weighted by atomic mass is 19.1. The number of Topliss-reactive ketones (excluding diaryl/α,β-unsaturated/α-hetero) is 2. The molecule has 6 heteroatoms. The minimum atomic E-state index is -1.35. The molecule has 0 amide bonds. The van der Waals surface area contributed by atoms with Crippen molar-refractivity contribution in [2.24, 2.45) is 5.92 Å². The molecule has 146 valence electrons. The van der Waals surface area contributed by atoms with Gasteiger partial charge >= 0.3 is 0 Å². The molecule has 0 radical (unpaired) electrons. The fourth-order valence-corrected chi connectivity index (χ4v) is 3.35. The molecule has 1 unspecified atom stereocenters. The van der Waals surface area contributed by atoms with Gasteiger partial charge in [0.1, 0.15) is 5.82 Å². The van der Waals surface area contributed by atoms with Crippen LogP contribution in [0.4, 0.5) is 4.39 Å². The summed E-state index contributed by atoms with van der Waals surface area (Å²) in [6, 6.07) is 21.6. The van der Waals surface area contributed by atoms with Gasteiger partial charge in [0.05, 0.1) is 11.8 Å². The van der Waals surface area contributed by atoms with Crippen molar-refractivity contribution < 1.29 is 18.9 Å². The molecular formula is C23H18FNO4. The monoisotopic (exact) mass is 391 g/mol. The Balaban J connectivity index is 2.14. The van der Waals surface area contributed by atoms with Crippen LogP contribution in [0.5, 0.6) is 0 Å². The van der Waals surface area contributed by atoms with Gasteiger partial charge in [-0.3, -0.25) is 19.7 Å². The maximum absolute atomic E-state index is 13.8. The molecule has 3 aromatic rings. The molecule has 0 saturated heterocycles. The van der Waals surface area contributed by atoms with Crippen molar-refractivity contribution in [1.29, 1.82) is 0 Å². The van der Waals surface area contributed by atoms with Gasteiger partial charge in [0.2, 0.25) is 6.54 Å². The summed E-state index contributed by atoms with van der Waals surface area (Å²) in [6.45, 7) is -0.675. The van der Waals surface area contributed by atoms with E-state index in [2.05, 4.69) is 0 Å². The van der Waals surface area contributed by atoms with Crippen LogP contribution in [-0.2, 0) is 0 Å². The lowest BCUT2D eigenvalue weighted by atomic mass is 9.77. The van der Waals surface area contributed by atoms with E-state index < -0.39 is 40.7 Å². The molecule has 0 fully saturated rings. The Bertz CT molecular complexity index is 970. The van der Waals surface area contributed by atoms with E-state index in [9.17, 15) is 24.1 Å². The van der Waals surface area contributed by atoms with Gasteiger partial charge in [-0.05, 0) is 17.7 Å². The van der Waals surface area contributed by atoms with E-state index in [0.717, 1.165) is 6.07 Å². The van der Waals surface area contributed by atoms with Crippen molar-refractivity contribution in [1.82, 2.24) is 0 Å². The molecule has 0 bridgehead atoms. The maximum atomic E-state index is 13.8. The zero-order chi connectivity index (χ0) is 20.8. The van der Waals surface area contributed by atoms with Crippen LogP contribution in [0.15, 0.2) is 84.9 Å². The summed E-state index contributed by atoms with van der Waals surface area (Å²) >= 11 is 0. The topological polar surface area (TPSA) is 77.3 Å². The van der Waals surface area contributed by atoms with E-state index in [-0.39, 0.29) is 16.7 Å². The van der Waals surface area contributed by atoms with Crippen LogP contribution >= 0.6 is 0 Å². The summed E-state index contributed by atoms with van der Waals surface area (Å²) < 4.78 is 13.8. The highest BCUT2D eigenvalue weighted by Gasteiger charge is 2.39. The fourth-order valence-electron chi connectivity index (χ4n) is 3.35. The third-order valence-corrected chi connectivity index (χ3v) is 4.71. The predicted molar refractivity (Wildman–Crippen MR) is 106 cm³/mol. The van der Waals surface area contributed by atoms with E-state index >= 15 is 0 Å². The number of nitrogens with zero attached hydrogens (tertiary/aromatic N) is 1. The maximum Gasteiger partial charge on any atom is 0.211 e. The Morgan fingerprint density at radius 1 is 0.828 bits per heavy atom. The summed E-state index contributed by atoms with van der Waals surface area (Å²) in [5.74, 6) is -4.12. The minimum Gasteiger partial charge on any atom is -0.293 e. The molecule has 0 saturated carbocycles. The molecule has 3 aromatic carbocycles. The Labute approximate surface area is 167 Å². The standard InChI is InChI=1S/C23H18FNO4/c24-19-13-7-12-18(14-19)20(15-25(28)29)21(22(26)16-8-3-1-4-9-16)23(27)17-10-5-2-6-11-17/h1-14,20-21H,15H2. The van der Waals surface area contributed by atoms with Crippen LogP contribution in [0.3, 0.4) is 0 Å². The molecule has 5 nitrogen and oxygen atoms in total. The third kappa shape index (κ3) is 4.79. The highest BCUT2D eigenvalue weighted by Crippen LogP contribution is 2.31. The largest absolute Gasteiger partial charge is 0.293 e. The Hall–Kier alpha value is -3.67. The molecule has 1 atom stereocenters. The summed E-state index contributed by atoms with van der Waals surface area (Å²) in [4.78, 5) is 37.4. The van der Waals surface area contributed by atoms with Crippen molar-refractivity contribution in [2.75, 3.05) is 6.54 Å². The highest BCUT2D eigenvalue weighted by molar-refractivity contribution is 6.16. The molecule has 0 spiro atoms. The van der Waals surface area contributed by atoms with Crippen molar-refractivity contribution in [3.05, 3.63) is 118 Å². The Morgan fingerprint density at radius 3 is 1.79 bits per heavy atom. The third-order valence-electron chi connectivity index (χ3n) is 4.71. The van der Waals surface area contributed by atoms with Crippen molar-refractivity contribution in [2.45, 2.75) is 5.92 Å². The summed E-state index contributed by atoms with van der Waals surface area (Å²) in [5, 5.41) is 11.4.